The van der Waals surface area contributed by atoms with Gasteiger partial charge in [0.25, 0.3) is 0 Å². The summed E-state index contributed by atoms with van der Waals surface area (Å²) >= 11 is 0. The number of rotatable bonds is 6. The molecule has 1 N–H and O–H groups in total. The molecule has 0 saturated heterocycles. The normalized spacial score (nSPS) is 13.6. The van der Waals surface area contributed by atoms with Crippen LogP contribution in [0.2, 0.25) is 0 Å². The van der Waals surface area contributed by atoms with Gasteiger partial charge in [-0.05, 0) is 26.7 Å². The maximum absolute atomic E-state index is 12.0. The Balaban J connectivity index is 4.39. The molecule has 1 atom stereocenters. The fourth-order valence-corrected chi connectivity index (χ4v) is 1.37. The first-order valence-electron chi connectivity index (χ1n) is 6.38. The van der Waals surface area contributed by atoms with Gasteiger partial charge in [-0.2, -0.15) is 0 Å². The third kappa shape index (κ3) is 8.37. The predicted octanol–water partition coefficient (Wildman–Crippen LogP) is 1.67. The summed E-state index contributed by atoms with van der Waals surface area (Å²) in [5.74, 6) is -0.601. The monoisotopic (exact) mass is 271 g/mol. The third-order valence-electron chi connectivity index (χ3n) is 2.24. The molecule has 19 heavy (non-hydrogen) atoms. The third-order valence-corrected chi connectivity index (χ3v) is 2.24. The summed E-state index contributed by atoms with van der Waals surface area (Å²) in [4.78, 5) is 22.9. The molecule has 0 bridgehead atoms. The SMILES string of the molecule is COC(=O)C=CCN[C@@H](C(=O)OC(C)(C)C)C(C)C. The predicted molar refractivity (Wildman–Crippen MR) is 73.6 cm³/mol. The average Bonchev–Trinajstić information content (AvgIpc) is 2.25. The van der Waals surface area contributed by atoms with Gasteiger partial charge in [0.1, 0.15) is 11.6 Å². The lowest BCUT2D eigenvalue weighted by molar-refractivity contribution is -0.158. The molecule has 0 spiro atoms. The zero-order valence-electron chi connectivity index (χ0n) is 12.6. The summed E-state index contributed by atoms with van der Waals surface area (Å²) in [5, 5.41) is 3.05. The Bertz CT molecular complexity index is 329. The summed E-state index contributed by atoms with van der Waals surface area (Å²) in [7, 11) is 1.32. The first-order chi connectivity index (χ1) is 8.67. The van der Waals surface area contributed by atoms with Crippen molar-refractivity contribution in [1.82, 2.24) is 5.32 Å². The van der Waals surface area contributed by atoms with Crippen molar-refractivity contribution in [3.8, 4) is 0 Å². The van der Waals surface area contributed by atoms with Crippen LogP contribution >= 0.6 is 0 Å². The second kappa shape index (κ2) is 7.94. The van der Waals surface area contributed by atoms with Crippen LogP contribution in [0.4, 0.5) is 0 Å². The minimum atomic E-state index is -0.506. The average molecular weight is 271 g/mol. The summed E-state index contributed by atoms with van der Waals surface area (Å²) in [6, 6.07) is -0.401. The Kier molecular flexibility index (Phi) is 7.37. The van der Waals surface area contributed by atoms with Gasteiger partial charge in [0, 0.05) is 12.6 Å². The molecule has 0 amide bonds. The van der Waals surface area contributed by atoms with Gasteiger partial charge in [-0.1, -0.05) is 19.9 Å². The Labute approximate surface area is 115 Å². The molecule has 0 rings (SSSR count). The van der Waals surface area contributed by atoms with Gasteiger partial charge in [-0.25, -0.2) is 4.79 Å². The maximum atomic E-state index is 12.0. The number of carbonyl (C=O) groups is 2. The summed E-state index contributed by atoms with van der Waals surface area (Å²) in [5.41, 5.74) is -0.506. The molecule has 0 aromatic heterocycles. The standard InChI is InChI=1S/C14H25NO4/c1-10(2)12(13(17)19-14(3,4)5)15-9-7-8-11(16)18-6/h7-8,10,12,15H,9H2,1-6H3/t12-/m1/s1. The summed E-state index contributed by atoms with van der Waals surface area (Å²) < 4.78 is 9.82. The zero-order chi connectivity index (χ0) is 15.1. The van der Waals surface area contributed by atoms with Crippen LogP contribution in [-0.2, 0) is 19.1 Å². The van der Waals surface area contributed by atoms with Crippen molar-refractivity contribution in [1.29, 1.82) is 0 Å². The maximum Gasteiger partial charge on any atom is 0.330 e. The lowest BCUT2D eigenvalue weighted by Gasteiger charge is -2.26. The van der Waals surface area contributed by atoms with Crippen molar-refractivity contribution >= 4 is 11.9 Å². The number of hydrogen-bond donors (Lipinski definition) is 1. The number of carbonyl (C=O) groups excluding carboxylic acids is 2. The van der Waals surface area contributed by atoms with Gasteiger partial charge in [0.05, 0.1) is 7.11 Å². The molecule has 0 saturated carbocycles. The summed E-state index contributed by atoms with van der Waals surface area (Å²) in [6.45, 7) is 9.77. The van der Waals surface area contributed by atoms with E-state index in [4.69, 9.17) is 4.74 Å². The Hall–Kier alpha value is -1.36. The highest BCUT2D eigenvalue weighted by Crippen LogP contribution is 2.12. The Morgan fingerprint density at radius 2 is 1.84 bits per heavy atom. The van der Waals surface area contributed by atoms with Crippen LogP contribution in [0.5, 0.6) is 0 Å². The van der Waals surface area contributed by atoms with Gasteiger partial charge in [-0.3, -0.25) is 4.79 Å². The van der Waals surface area contributed by atoms with Gasteiger partial charge in [0.2, 0.25) is 0 Å². The van der Waals surface area contributed by atoms with E-state index in [1.165, 1.54) is 13.2 Å². The summed E-state index contributed by atoms with van der Waals surface area (Å²) in [6.07, 6.45) is 2.94. The zero-order valence-corrected chi connectivity index (χ0v) is 12.6. The largest absolute Gasteiger partial charge is 0.466 e. The highest BCUT2D eigenvalue weighted by atomic mass is 16.6. The second-order valence-electron chi connectivity index (χ2n) is 5.59. The van der Waals surface area contributed by atoms with Crippen LogP contribution in [0.3, 0.4) is 0 Å². The van der Waals surface area contributed by atoms with E-state index in [9.17, 15) is 9.59 Å². The van der Waals surface area contributed by atoms with E-state index in [-0.39, 0.29) is 11.9 Å². The van der Waals surface area contributed by atoms with Crippen molar-refractivity contribution in [3.63, 3.8) is 0 Å². The number of nitrogens with one attached hydrogen (secondary N) is 1. The van der Waals surface area contributed by atoms with Crippen LogP contribution < -0.4 is 5.32 Å². The van der Waals surface area contributed by atoms with Gasteiger partial charge < -0.3 is 14.8 Å². The first kappa shape index (κ1) is 17.6. The van der Waals surface area contributed by atoms with Crippen LogP contribution in [0.25, 0.3) is 0 Å². The molecule has 0 fully saturated rings. The van der Waals surface area contributed by atoms with Gasteiger partial charge in [0.15, 0.2) is 0 Å². The fraction of sp³-hybridized carbons (Fsp3) is 0.714. The van der Waals surface area contributed by atoms with Crippen molar-refractivity contribution < 1.29 is 19.1 Å². The molecule has 0 aromatic carbocycles. The Morgan fingerprint density at radius 3 is 2.26 bits per heavy atom. The van der Waals surface area contributed by atoms with E-state index >= 15 is 0 Å². The minimum Gasteiger partial charge on any atom is -0.466 e. The quantitative estimate of drug-likeness (QED) is 0.588. The van der Waals surface area contributed by atoms with E-state index < -0.39 is 17.6 Å². The molecule has 0 aliphatic rings. The van der Waals surface area contributed by atoms with Crippen LogP contribution in [-0.4, -0.2) is 37.2 Å². The number of esters is 2. The molecule has 5 nitrogen and oxygen atoms in total. The Morgan fingerprint density at radius 1 is 1.26 bits per heavy atom. The topological polar surface area (TPSA) is 64.6 Å². The molecular formula is C14H25NO4. The van der Waals surface area contributed by atoms with E-state index in [1.54, 1.807) is 6.08 Å². The van der Waals surface area contributed by atoms with Crippen molar-refractivity contribution in [2.45, 2.75) is 46.3 Å². The highest BCUT2D eigenvalue weighted by molar-refractivity contribution is 5.81. The molecular weight excluding hydrogens is 246 g/mol. The number of methoxy groups -OCH3 is 1. The van der Waals surface area contributed by atoms with Crippen molar-refractivity contribution in [3.05, 3.63) is 12.2 Å². The van der Waals surface area contributed by atoms with Crippen LogP contribution in [0, 0.1) is 5.92 Å². The van der Waals surface area contributed by atoms with E-state index in [2.05, 4.69) is 10.1 Å². The molecule has 110 valence electrons. The molecule has 0 heterocycles. The number of hydrogen-bond acceptors (Lipinski definition) is 5. The molecule has 0 aliphatic heterocycles. The molecule has 5 heteroatoms. The van der Waals surface area contributed by atoms with E-state index in [1.807, 2.05) is 34.6 Å². The lowest BCUT2D eigenvalue weighted by atomic mass is 10.0. The van der Waals surface area contributed by atoms with Crippen LogP contribution in [0.1, 0.15) is 34.6 Å². The molecule has 0 radical (unpaired) electrons. The van der Waals surface area contributed by atoms with E-state index in [0.29, 0.717) is 6.54 Å². The van der Waals surface area contributed by atoms with Crippen molar-refractivity contribution in [2.75, 3.05) is 13.7 Å². The highest BCUT2D eigenvalue weighted by Gasteiger charge is 2.26. The second-order valence-corrected chi connectivity index (χ2v) is 5.59. The smallest absolute Gasteiger partial charge is 0.330 e. The molecule has 0 unspecified atom stereocenters. The molecule has 0 aromatic rings. The number of ether oxygens (including phenoxy) is 2. The van der Waals surface area contributed by atoms with E-state index in [0.717, 1.165) is 0 Å². The van der Waals surface area contributed by atoms with Crippen molar-refractivity contribution in [2.24, 2.45) is 5.92 Å². The fourth-order valence-electron chi connectivity index (χ4n) is 1.37. The van der Waals surface area contributed by atoms with Gasteiger partial charge >= 0.3 is 11.9 Å². The molecule has 0 aliphatic carbocycles. The first-order valence-corrected chi connectivity index (χ1v) is 6.38. The minimum absolute atomic E-state index is 0.0985. The lowest BCUT2D eigenvalue weighted by Crippen LogP contribution is -2.44. The van der Waals surface area contributed by atoms with Crippen LogP contribution in [0.15, 0.2) is 12.2 Å². The van der Waals surface area contributed by atoms with Gasteiger partial charge in [-0.15, -0.1) is 0 Å².